The molecule has 2 N–H and O–H groups in total. The van der Waals surface area contributed by atoms with Crippen molar-refractivity contribution in [3.8, 4) is 0 Å². The second kappa shape index (κ2) is 10.6. The zero-order valence-electron chi connectivity index (χ0n) is 12.1. The van der Waals surface area contributed by atoms with Gasteiger partial charge >= 0.3 is 6.09 Å². The Hall–Kier alpha value is -1.30. The molecule has 6 nitrogen and oxygen atoms in total. The molecule has 0 heterocycles. The molecule has 0 bridgehead atoms. The van der Waals surface area contributed by atoms with E-state index in [9.17, 15) is 9.59 Å². The van der Waals surface area contributed by atoms with Gasteiger partial charge in [0.25, 0.3) is 5.91 Å². The van der Waals surface area contributed by atoms with Crippen LogP contribution in [0, 0.1) is 0 Å². The van der Waals surface area contributed by atoms with Crippen LogP contribution in [0.1, 0.15) is 39.5 Å². The molecule has 0 saturated heterocycles. The van der Waals surface area contributed by atoms with Crippen molar-refractivity contribution in [1.82, 2.24) is 10.2 Å². The molecule has 0 aromatic heterocycles. The molecule has 0 aromatic carbocycles. The molecule has 0 aromatic rings. The van der Waals surface area contributed by atoms with Gasteiger partial charge in [-0.05, 0) is 12.8 Å². The maximum atomic E-state index is 11.9. The highest BCUT2D eigenvalue weighted by Gasteiger charge is 2.24. The Morgan fingerprint density at radius 2 is 1.89 bits per heavy atom. The highest BCUT2D eigenvalue weighted by atomic mass is 16.6. The third kappa shape index (κ3) is 7.66. The number of amides is 2. The summed E-state index contributed by atoms with van der Waals surface area (Å²) in [7, 11) is 1.64. The summed E-state index contributed by atoms with van der Waals surface area (Å²) in [5.41, 5.74) is 0. The molecule has 112 valence electrons. The second-order valence-electron chi connectivity index (χ2n) is 4.47. The van der Waals surface area contributed by atoms with Gasteiger partial charge in [-0.3, -0.25) is 4.79 Å². The first-order chi connectivity index (χ1) is 9.06. The molecule has 0 saturated carbocycles. The van der Waals surface area contributed by atoms with E-state index in [2.05, 4.69) is 5.32 Å². The Bertz CT molecular complexity index is 271. The summed E-state index contributed by atoms with van der Waals surface area (Å²) in [4.78, 5) is 24.8. The molecule has 0 rings (SSSR count). The van der Waals surface area contributed by atoms with Crippen LogP contribution >= 0.6 is 0 Å². The predicted octanol–water partition coefficient (Wildman–Crippen LogP) is 1.13. The highest BCUT2D eigenvalue weighted by Crippen LogP contribution is 2.01. The SMILES string of the molecule is CCCCNC(=O)OC(CO)C(=O)N(C)CCCC. The van der Waals surface area contributed by atoms with Gasteiger partial charge in [-0.25, -0.2) is 4.79 Å². The van der Waals surface area contributed by atoms with Gasteiger partial charge in [0.15, 0.2) is 0 Å². The lowest BCUT2D eigenvalue weighted by atomic mass is 10.3. The van der Waals surface area contributed by atoms with Gasteiger partial charge < -0.3 is 20.1 Å². The van der Waals surface area contributed by atoms with Gasteiger partial charge in [0.2, 0.25) is 6.10 Å². The predicted molar refractivity (Wildman–Crippen MR) is 72.8 cm³/mol. The van der Waals surface area contributed by atoms with Crippen molar-refractivity contribution < 1.29 is 19.4 Å². The van der Waals surface area contributed by atoms with Crippen LogP contribution in [-0.2, 0) is 9.53 Å². The van der Waals surface area contributed by atoms with Crippen molar-refractivity contribution >= 4 is 12.0 Å². The summed E-state index contributed by atoms with van der Waals surface area (Å²) < 4.78 is 4.92. The number of nitrogens with zero attached hydrogens (tertiary/aromatic N) is 1. The average molecular weight is 274 g/mol. The monoisotopic (exact) mass is 274 g/mol. The number of unbranched alkanes of at least 4 members (excludes halogenated alkanes) is 2. The van der Waals surface area contributed by atoms with Gasteiger partial charge in [-0.2, -0.15) is 0 Å². The fraction of sp³-hybridized carbons (Fsp3) is 0.846. The van der Waals surface area contributed by atoms with Gasteiger partial charge in [-0.1, -0.05) is 26.7 Å². The number of aliphatic hydroxyl groups is 1. The van der Waals surface area contributed by atoms with E-state index in [0.29, 0.717) is 13.1 Å². The first-order valence-corrected chi connectivity index (χ1v) is 6.87. The van der Waals surface area contributed by atoms with Crippen molar-refractivity contribution in [2.45, 2.75) is 45.6 Å². The first-order valence-electron chi connectivity index (χ1n) is 6.87. The molecular weight excluding hydrogens is 248 g/mol. The smallest absolute Gasteiger partial charge is 0.408 e. The third-order valence-corrected chi connectivity index (χ3v) is 2.71. The molecule has 0 aliphatic carbocycles. The molecule has 0 radical (unpaired) electrons. The molecule has 2 amide bonds. The number of carbonyl (C=O) groups is 2. The van der Waals surface area contributed by atoms with Crippen molar-refractivity contribution in [2.24, 2.45) is 0 Å². The van der Waals surface area contributed by atoms with E-state index < -0.39 is 18.8 Å². The van der Waals surface area contributed by atoms with Crippen LogP contribution < -0.4 is 5.32 Å². The number of hydrogen-bond acceptors (Lipinski definition) is 4. The maximum absolute atomic E-state index is 11.9. The zero-order chi connectivity index (χ0) is 14.7. The summed E-state index contributed by atoms with van der Waals surface area (Å²) >= 11 is 0. The van der Waals surface area contributed by atoms with E-state index in [4.69, 9.17) is 9.84 Å². The van der Waals surface area contributed by atoms with Crippen LogP contribution in [0.25, 0.3) is 0 Å². The third-order valence-electron chi connectivity index (χ3n) is 2.71. The lowest BCUT2D eigenvalue weighted by molar-refractivity contribution is -0.141. The van der Waals surface area contributed by atoms with Crippen LogP contribution in [0.15, 0.2) is 0 Å². The maximum Gasteiger partial charge on any atom is 0.408 e. The minimum atomic E-state index is -1.12. The van der Waals surface area contributed by atoms with E-state index in [1.165, 1.54) is 4.90 Å². The minimum Gasteiger partial charge on any atom is -0.434 e. The Kier molecular flexibility index (Phi) is 9.88. The van der Waals surface area contributed by atoms with Crippen molar-refractivity contribution in [3.05, 3.63) is 0 Å². The number of likely N-dealkylation sites (N-methyl/N-ethyl adjacent to an activating group) is 1. The van der Waals surface area contributed by atoms with E-state index in [-0.39, 0.29) is 5.91 Å². The summed E-state index contributed by atoms with van der Waals surface area (Å²) in [6.07, 6.45) is 1.88. The number of ether oxygens (including phenoxy) is 1. The van der Waals surface area contributed by atoms with Gasteiger partial charge in [0.05, 0.1) is 6.61 Å². The fourth-order valence-electron chi connectivity index (χ4n) is 1.46. The normalized spacial score (nSPS) is 11.8. The zero-order valence-corrected chi connectivity index (χ0v) is 12.1. The van der Waals surface area contributed by atoms with Gasteiger partial charge in [0.1, 0.15) is 0 Å². The summed E-state index contributed by atoms with van der Waals surface area (Å²) in [6.45, 7) is 4.63. The number of hydrogen-bond donors (Lipinski definition) is 2. The Morgan fingerprint density at radius 3 is 2.42 bits per heavy atom. The van der Waals surface area contributed by atoms with Crippen molar-refractivity contribution in [3.63, 3.8) is 0 Å². The molecular formula is C13H26N2O4. The number of rotatable bonds is 9. The van der Waals surface area contributed by atoms with Crippen LogP contribution in [-0.4, -0.2) is 54.9 Å². The standard InChI is InChI=1S/C13H26N2O4/c1-4-6-8-14-13(18)19-11(10-16)12(17)15(3)9-7-5-2/h11,16H,4-10H2,1-3H3,(H,14,18). The minimum absolute atomic E-state index is 0.374. The second-order valence-corrected chi connectivity index (χ2v) is 4.47. The molecule has 1 unspecified atom stereocenters. The van der Waals surface area contributed by atoms with Crippen molar-refractivity contribution in [1.29, 1.82) is 0 Å². The van der Waals surface area contributed by atoms with Crippen LogP contribution in [0.5, 0.6) is 0 Å². The molecule has 1 atom stereocenters. The Labute approximate surface area is 115 Å². The Balaban J connectivity index is 4.17. The molecule has 19 heavy (non-hydrogen) atoms. The van der Waals surface area contributed by atoms with E-state index >= 15 is 0 Å². The number of alkyl carbamates (subject to hydrolysis) is 1. The quantitative estimate of drug-likeness (QED) is 0.618. The Morgan fingerprint density at radius 1 is 1.26 bits per heavy atom. The number of aliphatic hydroxyl groups excluding tert-OH is 1. The molecule has 6 heteroatoms. The van der Waals surface area contributed by atoms with Crippen LogP contribution in [0.3, 0.4) is 0 Å². The lowest BCUT2D eigenvalue weighted by Crippen LogP contribution is -2.43. The fourth-order valence-corrected chi connectivity index (χ4v) is 1.46. The molecule has 0 aliphatic rings. The topological polar surface area (TPSA) is 78.9 Å². The molecule has 0 aliphatic heterocycles. The number of carbonyl (C=O) groups excluding carboxylic acids is 2. The van der Waals surface area contributed by atoms with Gasteiger partial charge in [-0.15, -0.1) is 0 Å². The number of nitrogens with one attached hydrogen (secondary N) is 1. The van der Waals surface area contributed by atoms with Crippen LogP contribution in [0.4, 0.5) is 4.79 Å². The summed E-state index contributed by atoms with van der Waals surface area (Å²) in [5, 5.41) is 11.7. The van der Waals surface area contributed by atoms with E-state index in [0.717, 1.165) is 25.7 Å². The summed E-state index contributed by atoms with van der Waals surface area (Å²) in [5.74, 6) is -0.374. The lowest BCUT2D eigenvalue weighted by Gasteiger charge is -2.22. The van der Waals surface area contributed by atoms with Crippen molar-refractivity contribution in [2.75, 3.05) is 26.7 Å². The summed E-state index contributed by atoms with van der Waals surface area (Å²) in [6, 6.07) is 0. The average Bonchev–Trinajstić information content (AvgIpc) is 2.41. The van der Waals surface area contributed by atoms with Gasteiger partial charge in [0, 0.05) is 20.1 Å². The largest absolute Gasteiger partial charge is 0.434 e. The highest BCUT2D eigenvalue weighted by molar-refractivity contribution is 5.83. The van der Waals surface area contributed by atoms with Crippen LogP contribution in [0.2, 0.25) is 0 Å². The van der Waals surface area contributed by atoms with E-state index in [1.807, 2.05) is 13.8 Å². The first kappa shape index (κ1) is 17.7. The molecule has 0 spiro atoms. The van der Waals surface area contributed by atoms with E-state index in [1.54, 1.807) is 7.05 Å². The molecule has 0 fully saturated rings.